The summed E-state index contributed by atoms with van der Waals surface area (Å²) in [6.07, 6.45) is 1.87. The Morgan fingerprint density at radius 3 is 2.65 bits per heavy atom. The van der Waals surface area contributed by atoms with Crippen LogP contribution in [0.3, 0.4) is 0 Å². The van der Waals surface area contributed by atoms with E-state index in [0.717, 1.165) is 5.56 Å². The summed E-state index contributed by atoms with van der Waals surface area (Å²) in [6.45, 7) is 0. The fraction of sp³-hybridized carbons (Fsp3) is 0.0769. The van der Waals surface area contributed by atoms with E-state index in [1.807, 2.05) is 0 Å². The van der Waals surface area contributed by atoms with Crippen LogP contribution in [0, 0.1) is 0 Å². The number of carbonyl (C=O) groups is 1. The number of benzene rings is 1. The molecule has 1 aromatic carbocycles. The van der Waals surface area contributed by atoms with E-state index in [4.69, 9.17) is 11.5 Å². The van der Waals surface area contributed by atoms with Gasteiger partial charge in [0.05, 0.1) is 0 Å². The second kappa shape index (κ2) is 4.65. The van der Waals surface area contributed by atoms with Gasteiger partial charge in [-0.1, -0.05) is 12.1 Å². The Hall–Kier alpha value is -2.36. The minimum atomic E-state index is -0.0197. The molecule has 0 aliphatic carbocycles. The number of carbonyl (C=O) groups excluding carboxylic acids is 1. The number of aromatic nitrogens is 1. The van der Waals surface area contributed by atoms with Gasteiger partial charge in [0.25, 0.3) is 0 Å². The summed E-state index contributed by atoms with van der Waals surface area (Å²) in [7, 11) is 0. The number of anilines is 2. The van der Waals surface area contributed by atoms with Crippen LogP contribution in [0.15, 0.2) is 42.6 Å². The first-order valence-corrected chi connectivity index (χ1v) is 5.25. The summed E-state index contributed by atoms with van der Waals surface area (Å²) < 4.78 is 0. The largest absolute Gasteiger partial charge is 0.398 e. The molecule has 0 saturated carbocycles. The highest BCUT2D eigenvalue weighted by Crippen LogP contribution is 2.14. The van der Waals surface area contributed by atoms with Crippen molar-refractivity contribution in [3.63, 3.8) is 0 Å². The normalized spacial score (nSPS) is 10.1. The summed E-state index contributed by atoms with van der Waals surface area (Å²) in [5.41, 5.74) is 13.2. The Labute approximate surface area is 99.3 Å². The molecule has 4 N–H and O–H groups in total. The molecule has 0 aliphatic rings. The molecular weight excluding hydrogens is 214 g/mol. The molecule has 2 aromatic rings. The third-order valence-electron chi connectivity index (χ3n) is 2.47. The highest BCUT2D eigenvalue weighted by molar-refractivity contribution is 6.01. The van der Waals surface area contributed by atoms with Crippen LogP contribution in [-0.2, 0) is 6.42 Å². The second-order valence-electron chi connectivity index (χ2n) is 3.78. The number of pyridine rings is 1. The molecule has 0 aliphatic heterocycles. The standard InChI is InChI=1S/C13H13N3O/c14-11-4-2-1-3-10(11)12(17)7-9-5-6-16-13(15)8-9/h1-6,8H,7,14H2,(H2,15,16). The van der Waals surface area contributed by atoms with E-state index < -0.39 is 0 Å². The van der Waals surface area contributed by atoms with E-state index in [2.05, 4.69) is 4.98 Å². The van der Waals surface area contributed by atoms with E-state index in [0.29, 0.717) is 17.1 Å². The minimum absolute atomic E-state index is 0.0197. The molecule has 0 fully saturated rings. The van der Waals surface area contributed by atoms with Gasteiger partial charge in [0.15, 0.2) is 5.78 Å². The zero-order valence-corrected chi connectivity index (χ0v) is 9.26. The maximum atomic E-state index is 12.0. The van der Waals surface area contributed by atoms with E-state index in [-0.39, 0.29) is 12.2 Å². The van der Waals surface area contributed by atoms with E-state index in [1.54, 1.807) is 42.6 Å². The molecule has 0 saturated heterocycles. The number of rotatable bonds is 3. The maximum Gasteiger partial charge on any atom is 0.169 e. The van der Waals surface area contributed by atoms with Crippen LogP contribution in [0.4, 0.5) is 11.5 Å². The molecule has 4 heteroatoms. The van der Waals surface area contributed by atoms with Crippen LogP contribution < -0.4 is 11.5 Å². The van der Waals surface area contributed by atoms with Gasteiger partial charge in [0.1, 0.15) is 5.82 Å². The summed E-state index contributed by atoms with van der Waals surface area (Å²) in [4.78, 5) is 15.9. The molecule has 0 atom stereocenters. The third kappa shape index (κ3) is 2.60. The highest BCUT2D eigenvalue weighted by atomic mass is 16.1. The van der Waals surface area contributed by atoms with Gasteiger partial charge in [-0.15, -0.1) is 0 Å². The van der Waals surface area contributed by atoms with Gasteiger partial charge in [-0.25, -0.2) is 4.98 Å². The predicted octanol–water partition coefficient (Wildman–Crippen LogP) is 1.67. The van der Waals surface area contributed by atoms with Crippen molar-refractivity contribution < 1.29 is 4.79 Å². The van der Waals surface area contributed by atoms with Crippen molar-refractivity contribution >= 4 is 17.3 Å². The molecule has 86 valence electrons. The molecule has 2 rings (SSSR count). The van der Waals surface area contributed by atoms with Gasteiger partial charge < -0.3 is 11.5 Å². The summed E-state index contributed by atoms with van der Waals surface area (Å²) in [5.74, 6) is 0.394. The molecule has 1 aromatic heterocycles. The van der Waals surface area contributed by atoms with Crippen LogP contribution in [0.2, 0.25) is 0 Å². The van der Waals surface area contributed by atoms with Crippen molar-refractivity contribution in [3.8, 4) is 0 Å². The van der Waals surface area contributed by atoms with E-state index in [1.165, 1.54) is 0 Å². The van der Waals surface area contributed by atoms with Gasteiger partial charge in [-0.05, 0) is 29.8 Å². The predicted molar refractivity (Wildman–Crippen MR) is 67.5 cm³/mol. The average Bonchev–Trinajstić information content (AvgIpc) is 2.29. The van der Waals surface area contributed by atoms with Crippen LogP contribution >= 0.6 is 0 Å². The fourth-order valence-electron chi connectivity index (χ4n) is 1.64. The van der Waals surface area contributed by atoms with E-state index >= 15 is 0 Å². The van der Waals surface area contributed by atoms with Crippen molar-refractivity contribution in [1.29, 1.82) is 0 Å². The lowest BCUT2D eigenvalue weighted by atomic mass is 10.0. The van der Waals surface area contributed by atoms with Gasteiger partial charge in [-0.3, -0.25) is 4.79 Å². The molecule has 0 amide bonds. The number of hydrogen-bond donors (Lipinski definition) is 2. The molecule has 17 heavy (non-hydrogen) atoms. The summed E-state index contributed by atoms with van der Waals surface area (Å²) in [5, 5.41) is 0. The number of nitrogens with zero attached hydrogens (tertiary/aromatic N) is 1. The first-order valence-electron chi connectivity index (χ1n) is 5.25. The van der Waals surface area contributed by atoms with Gasteiger partial charge >= 0.3 is 0 Å². The summed E-state index contributed by atoms with van der Waals surface area (Å²) >= 11 is 0. The highest BCUT2D eigenvalue weighted by Gasteiger charge is 2.09. The molecule has 1 heterocycles. The number of ketones is 1. The van der Waals surface area contributed by atoms with Crippen molar-refractivity contribution in [2.45, 2.75) is 6.42 Å². The lowest BCUT2D eigenvalue weighted by Crippen LogP contribution is -2.07. The first-order chi connectivity index (χ1) is 8.16. The first kappa shape index (κ1) is 11.1. The number of nitrogen functional groups attached to an aromatic ring is 2. The second-order valence-corrected chi connectivity index (χ2v) is 3.78. The van der Waals surface area contributed by atoms with Crippen LogP contribution in [0.1, 0.15) is 15.9 Å². The lowest BCUT2D eigenvalue weighted by Gasteiger charge is -2.04. The number of para-hydroxylation sites is 1. The molecule has 0 bridgehead atoms. The Morgan fingerprint density at radius 2 is 1.94 bits per heavy atom. The Kier molecular flexibility index (Phi) is 3.05. The van der Waals surface area contributed by atoms with Crippen LogP contribution in [0.25, 0.3) is 0 Å². The number of Topliss-reactive ketones (excluding diaryl/α,β-unsaturated/α-hetero) is 1. The van der Waals surface area contributed by atoms with Crippen molar-refractivity contribution in [2.75, 3.05) is 11.5 Å². The topological polar surface area (TPSA) is 82.0 Å². The molecule has 4 nitrogen and oxygen atoms in total. The van der Waals surface area contributed by atoms with Gasteiger partial charge in [0.2, 0.25) is 0 Å². The van der Waals surface area contributed by atoms with Gasteiger partial charge in [0, 0.05) is 23.9 Å². The lowest BCUT2D eigenvalue weighted by molar-refractivity contribution is 0.0994. The van der Waals surface area contributed by atoms with Crippen molar-refractivity contribution in [2.24, 2.45) is 0 Å². The fourth-order valence-corrected chi connectivity index (χ4v) is 1.64. The molecule has 0 unspecified atom stereocenters. The van der Waals surface area contributed by atoms with E-state index in [9.17, 15) is 4.79 Å². The van der Waals surface area contributed by atoms with Crippen LogP contribution in [-0.4, -0.2) is 10.8 Å². The number of hydrogen-bond acceptors (Lipinski definition) is 4. The zero-order chi connectivity index (χ0) is 12.3. The molecular formula is C13H13N3O. The minimum Gasteiger partial charge on any atom is -0.398 e. The SMILES string of the molecule is Nc1cc(CC(=O)c2ccccc2N)ccn1. The Morgan fingerprint density at radius 1 is 1.18 bits per heavy atom. The molecule has 0 radical (unpaired) electrons. The Balaban J connectivity index is 2.20. The zero-order valence-electron chi connectivity index (χ0n) is 9.26. The monoisotopic (exact) mass is 227 g/mol. The van der Waals surface area contributed by atoms with Crippen molar-refractivity contribution in [1.82, 2.24) is 4.98 Å². The van der Waals surface area contributed by atoms with Gasteiger partial charge in [-0.2, -0.15) is 0 Å². The van der Waals surface area contributed by atoms with Crippen LogP contribution in [0.5, 0.6) is 0 Å². The smallest absolute Gasteiger partial charge is 0.169 e. The molecule has 0 spiro atoms. The Bertz CT molecular complexity index is 552. The third-order valence-corrected chi connectivity index (χ3v) is 2.47. The van der Waals surface area contributed by atoms with Crippen molar-refractivity contribution in [3.05, 3.63) is 53.7 Å². The maximum absolute atomic E-state index is 12.0. The quantitative estimate of drug-likeness (QED) is 0.617. The summed E-state index contributed by atoms with van der Waals surface area (Å²) in [6, 6.07) is 10.5. The average molecular weight is 227 g/mol. The number of nitrogens with two attached hydrogens (primary N) is 2.